The van der Waals surface area contributed by atoms with Crippen molar-refractivity contribution >= 4 is 7.26 Å². The normalized spacial score (nSPS) is 12.1. The molecule has 122 valence electrons. The molecule has 0 aromatic heterocycles. The van der Waals surface area contributed by atoms with Crippen LogP contribution < -0.4 is 17.0 Å². The third-order valence-electron chi connectivity index (χ3n) is 3.20. The lowest BCUT2D eigenvalue weighted by Gasteiger charge is -2.12. The van der Waals surface area contributed by atoms with Crippen molar-refractivity contribution in [1.82, 2.24) is 0 Å². The van der Waals surface area contributed by atoms with Crippen LogP contribution in [-0.4, -0.2) is 46.7 Å². The van der Waals surface area contributed by atoms with E-state index in [1.165, 1.54) is 44.7 Å². The van der Waals surface area contributed by atoms with E-state index in [1.807, 2.05) is 0 Å². The van der Waals surface area contributed by atoms with E-state index in [4.69, 9.17) is 9.47 Å². The molecule has 0 amide bonds. The first-order chi connectivity index (χ1) is 8.99. The Balaban J connectivity index is 0. The van der Waals surface area contributed by atoms with Gasteiger partial charge in [-0.1, -0.05) is 18.6 Å². The lowest BCUT2D eigenvalue weighted by atomic mass is 10.1. The molecule has 0 radical (unpaired) electrons. The summed E-state index contributed by atoms with van der Waals surface area (Å²) >= 11 is 0. The van der Waals surface area contributed by atoms with E-state index in [-0.39, 0.29) is 23.3 Å². The van der Waals surface area contributed by atoms with Crippen molar-refractivity contribution in [2.45, 2.75) is 51.2 Å². The highest BCUT2D eigenvalue weighted by Crippen LogP contribution is 2.47. The van der Waals surface area contributed by atoms with Gasteiger partial charge in [-0.25, -0.2) is 0 Å². The van der Waals surface area contributed by atoms with Gasteiger partial charge in [0.2, 0.25) is 0 Å². The van der Waals surface area contributed by atoms with E-state index in [9.17, 15) is 0 Å². The standard InChI is InChI=1S/C16H34O2P.BrH/c1-17-16(18-2)14-12-10-8-6-7-9-11-13-15-19(3,4)5;/h7,9,16H,6,8,10-15H2,1-5H3;1H/q+1;/p-1/b9-7-;. The van der Waals surface area contributed by atoms with E-state index in [0.29, 0.717) is 0 Å². The number of halogens is 1. The number of ether oxygens (including phenoxy) is 2. The van der Waals surface area contributed by atoms with Crippen LogP contribution >= 0.6 is 7.26 Å². The summed E-state index contributed by atoms with van der Waals surface area (Å²) in [7, 11) is 2.85. The number of methoxy groups -OCH3 is 2. The highest BCUT2D eigenvalue weighted by atomic mass is 79.9. The first-order valence-corrected chi connectivity index (χ1v) is 10.8. The van der Waals surface area contributed by atoms with E-state index in [2.05, 4.69) is 32.1 Å². The summed E-state index contributed by atoms with van der Waals surface area (Å²) in [4.78, 5) is 0. The van der Waals surface area contributed by atoms with Gasteiger partial charge in [-0.3, -0.25) is 0 Å². The van der Waals surface area contributed by atoms with Gasteiger partial charge in [0.15, 0.2) is 6.29 Å². The minimum atomic E-state index is -0.559. The maximum Gasteiger partial charge on any atom is 0.156 e. The van der Waals surface area contributed by atoms with E-state index in [1.54, 1.807) is 14.2 Å². The largest absolute Gasteiger partial charge is 1.00 e. The van der Waals surface area contributed by atoms with Crippen molar-refractivity contribution < 1.29 is 26.5 Å². The lowest BCUT2D eigenvalue weighted by Crippen LogP contribution is -3.00. The fraction of sp³-hybridized carbons (Fsp3) is 0.875. The first kappa shape index (κ1) is 22.8. The zero-order valence-corrected chi connectivity index (χ0v) is 16.5. The van der Waals surface area contributed by atoms with Gasteiger partial charge in [0.1, 0.15) is 0 Å². The predicted molar refractivity (Wildman–Crippen MR) is 88.8 cm³/mol. The molecular formula is C16H34BrO2P. The fourth-order valence-electron chi connectivity index (χ4n) is 2.00. The molecule has 0 saturated heterocycles. The molecule has 0 bridgehead atoms. The minimum absolute atomic E-state index is 0. The van der Waals surface area contributed by atoms with Crippen molar-refractivity contribution in [2.75, 3.05) is 40.4 Å². The zero-order chi connectivity index (χ0) is 14.6. The summed E-state index contributed by atoms with van der Waals surface area (Å²) in [6, 6.07) is 0. The maximum absolute atomic E-state index is 5.17. The molecule has 0 aliphatic rings. The smallest absolute Gasteiger partial charge is 0.156 e. The topological polar surface area (TPSA) is 18.5 Å². The second kappa shape index (κ2) is 14.5. The third-order valence-corrected chi connectivity index (χ3v) is 4.86. The summed E-state index contributed by atoms with van der Waals surface area (Å²) in [6.07, 6.45) is 14.7. The number of allylic oxidation sites excluding steroid dienone is 2. The Bertz CT molecular complexity index is 223. The first-order valence-electron chi connectivity index (χ1n) is 7.50. The number of unbranched alkanes of at least 4 members (excludes halogenated alkanes) is 4. The van der Waals surface area contributed by atoms with Gasteiger partial charge >= 0.3 is 0 Å². The molecule has 0 aromatic carbocycles. The van der Waals surface area contributed by atoms with Crippen molar-refractivity contribution in [2.24, 2.45) is 0 Å². The number of hydrogen-bond acceptors (Lipinski definition) is 2. The Hall–Kier alpha value is 0.570. The Morgan fingerprint density at radius 1 is 0.850 bits per heavy atom. The van der Waals surface area contributed by atoms with Gasteiger partial charge in [-0.15, -0.1) is 0 Å². The Kier molecular flexibility index (Phi) is 16.6. The van der Waals surface area contributed by atoms with Gasteiger partial charge in [-0.2, -0.15) is 0 Å². The molecule has 2 nitrogen and oxygen atoms in total. The average molecular weight is 369 g/mol. The molecule has 0 aromatic rings. The summed E-state index contributed by atoms with van der Waals surface area (Å²) < 4.78 is 10.3. The molecular weight excluding hydrogens is 335 g/mol. The quantitative estimate of drug-likeness (QED) is 0.226. The monoisotopic (exact) mass is 368 g/mol. The molecule has 0 fully saturated rings. The van der Waals surface area contributed by atoms with Crippen LogP contribution in [-0.2, 0) is 9.47 Å². The van der Waals surface area contributed by atoms with Crippen LogP contribution in [0.5, 0.6) is 0 Å². The molecule has 20 heavy (non-hydrogen) atoms. The van der Waals surface area contributed by atoms with Gasteiger partial charge in [0.05, 0.1) is 6.16 Å². The predicted octanol–water partition coefficient (Wildman–Crippen LogP) is 1.80. The van der Waals surface area contributed by atoms with Gasteiger partial charge in [0, 0.05) is 41.5 Å². The SMILES string of the molecule is COC(CCCCC/C=C\CCC[P+](C)(C)C)OC.[Br-]. The van der Waals surface area contributed by atoms with Gasteiger partial charge < -0.3 is 26.5 Å². The van der Waals surface area contributed by atoms with Crippen molar-refractivity contribution in [3.8, 4) is 0 Å². The molecule has 0 N–H and O–H groups in total. The van der Waals surface area contributed by atoms with Crippen LogP contribution in [0.3, 0.4) is 0 Å². The second-order valence-electron chi connectivity index (χ2n) is 6.17. The average Bonchev–Trinajstić information content (AvgIpc) is 2.35. The number of hydrogen-bond donors (Lipinski definition) is 0. The summed E-state index contributed by atoms with van der Waals surface area (Å²) in [5, 5.41) is 0. The van der Waals surface area contributed by atoms with Crippen LogP contribution in [0.15, 0.2) is 12.2 Å². The maximum atomic E-state index is 5.17. The summed E-state index contributed by atoms with van der Waals surface area (Å²) in [6.45, 7) is 7.26. The van der Waals surface area contributed by atoms with Crippen molar-refractivity contribution in [1.29, 1.82) is 0 Å². The summed E-state index contributed by atoms with van der Waals surface area (Å²) in [5.74, 6) is 0. The van der Waals surface area contributed by atoms with Crippen LogP contribution in [0, 0.1) is 0 Å². The second-order valence-corrected chi connectivity index (χ2v) is 11.2. The van der Waals surface area contributed by atoms with Crippen LogP contribution in [0.1, 0.15) is 44.9 Å². The Morgan fingerprint density at radius 3 is 1.90 bits per heavy atom. The lowest BCUT2D eigenvalue weighted by molar-refractivity contribution is -0.107. The molecule has 0 rings (SSSR count). The highest BCUT2D eigenvalue weighted by molar-refractivity contribution is 7.73. The summed E-state index contributed by atoms with van der Waals surface area (Å²) in [5.41, 5.74) is 0. The van der Waals surface area contributed by atoms with Crippen molar-refractivity contribution in [3.05, 3.63) is 12.2 Å². The molecule has 0 atom stereocenters. The molecule has 4 heteroatoms. The van der Waals surface area contributed by atoms with Crippen LogP contribution in [0.4, 0.5) is 0 Å². The van der Waals surface area contributed by atoms with Crippen LogP contribution in [0.25, 0.3) is 0 Å². The highest BCUT2D eigenvalue weighted by Gasteiger charge is 2.14. The van der Waals surface area contributed by atoms with Gasteiger partial charge in [0.25, 0.3) is 0 Å². The molecule has 0 heterocycles. The zero-order valence-electron chi connectivity index (χ0n) is 14.0. The minimum Gasteiger partial charge on any atom is -1.00 e. The van der Waals surface area contributed by atoms with E-state index < -0.39 is 7.26 Å². The molecule has 0 saturated carbocycles. The number of rotatable bonds is 12. The molecule has 0 aliphatic carbocycles. The molecule has 0 aliphatic heterocycles. The van der Waals surface area contributed by atoms with Crippen molar-refractivity contribution in [3.63, 3.8) is 0 Å². The van der Waals surface area contributed by atoms with E-state index >= 15 is 0 Å². The third kappa shape index (κ3) is 16.6. The van der Waals surface area contributed by atoms with Crippen LogP contribution in [0.2, 0.25) is 0 Å². The molecule has 0 spiro atoms. The van der Waals surface area contributed by atoms with Gasteiger partial charge in [-0.05, 0) is 38.5 Å². The van der Waals surface area contributed by atoms with E-state index in [0.717, 1.165) is 6.42 Å². The fourth-order valence-corrected chi connectivity index (χ4v) is 3.13. The Morgan fingerprint density at radius 2 is 1.40 bits per heavy atom. The Labute approximate surface area is 137 Å². The molecule has 0 unspecified atom stereocenters.